The van der Waals surface area contributed by atoms with Gasteiger partial charge in [0.15, 0.2) is 0 Å². The van der Waals surface area contributed by atoms with Crippen molar-refractivity contribution in [2.45, 2.75) is 20.0 Å². The third-order valence-electron chi connectivity index (χ3n) is 1.96. The second-order valence-corrected chi connectivity index (χ2v) is 3.37. The second-order valence-electron chi connectivity index (χ2n) is 3.37. The molecule has 17 heavy (non-hydrogen) atoms. The molecule has 0 aliphatic heterocycles. The molecule has 0 saturated heterocycles. The molecule has 1 aromatic rings. The maximum atomic E-state index is 11.2. The smallest absolute Gasteiger partial charge is 0.411 e. The lowest BCUT2D eigenvalue weighted by Gasteiger charge is -2.06. The summed E-state index contributed by atoms with van der Waals surface area (Å²) in [6.45, 7) is 2.95. The van der Waals surface area contributed by atoms with Crippen LogP contribution in [-0.2, 0) is 20.9 Å². The van der Waals surface area contributed by atoms with E-state index in [0.717, 1.165) is 12.0 Å². The highest BCUT2D eigenvalue weighted by Crippen LogP contribution is 2.10. The van der Waals surface area contributed by atoms with Crippen molar-refractivity contribution >= 4 is 18.3 Å². The van der Waals surface area contributed by atoms with Crippen molar-refractivity contribution in [1.29, 1.82) is 0 Å². The van der Waals surface area contributed by atoms with Crippen LogP contribution in [0.25, 0.3) is 0 Å². The summed E-state index contributed by atoms with van der Waals surface area (Å²) >= 11 is 0. The number of ether oxygens (including phenoxy) is 2. The number of benzene rings is 1. The van der Waals surface area contributed by atoms with Crippen LogP contribution in [0.1, 0.15) is 18.9 Å². The van der Waals surface area contributed by atoms with E-state index in [9.17, 15) is 9.59 Å². The maximum Gasteiger partial charge on any atom is 0.411 e. The predicted molar refractivity (Wildman–Crippen MR) is 62.6 cm³/mol. The highest BCUT2D eigenvalue weighted by atomic mass is 16.5. The lowest BCUT2D eigenvalue weighted by atomic mass is 10.2. The van der Waals surface area contributed by atoms with Crippen molar-refractivity contribution in [2.75, 3.05) is 11.9 Å². The minimum atomic E-state index is -0.469. The minimum Gasteiger partial charge on any atom is -0.463 e. The van der Waals surface area contributed by atoms with E-state index in [2.05, 4.69) is 10.1 Å². The zero-order valence-corrected chi connectivity index (χ0v) is 9.64. The molecule has 5 nitrogen and oxygen atoms in total. The van der Waals surface area contributed by atoms with Gasteiger partial charge >= 0.3 is 6.09 Å². The van der Waals surface area contributed by atoms with Crippen LogP contribution >= 0.6 is 0 Å². The quantitative estimate of drug-likeness (QED) is 0.771. The molecule has 1 N–H and O–H groups in total. The number of amides is 1. The normalized spacial score (nSPS) is 9.47. The molecule has 0 radical (unpaired) electrons. The van der Waals surface area contributed by atoms with Crippen molar-refractivity contribution in [3.05, 3.63) is 29.8 Å². The Morgan fingerprint density at radius 3 is 2.65 bits per heavy atom. The van der Waals surface area contributed by atoms with Gasteiger partial charge in [-0.05, 0) is 24.1 Å². The van der Waals surface area contributed by atoms with E-state index in [1.807, 2.05) is 6.92 Å². The molecule has 0 unspecified atom stereocenters. The summed E-state index contributed by atoms with van der Waals surface area (Å²) in [5.74, 6) is 0. The lowest BCUT2D eigenvalue weighted by molar-refractivity contribution is -0.129. The maximum absolute atomic E-state index is 11.2. The average molecular weight is 237 g/mol. The van der Waals surface area contributed by atoms with Crippen molar-refractivity contribution in [1.82, 2.24) is 0 Å². The molecule has 0 saturated carbocycles. The fraction of sp³-hybridized carbons (Fsp3) is 0.333. The van der Waals surface area contributed by atoms with Gasteiger partial charge in [0.05, 0.1) is 6.61 Å². The van der Waals surface area contributed by atoms with Crippen LogP contribution in [0.4, 0.5) is 10.5 Å². The zero-order valence-electron chi connectivity index (χ0n) is 9.64. The van der Waals surface area contributed by atoms with Gasteiger partial charge < -0.3 is 9.47 Å². The third kappa shape index (κ3) is 5.01. The lowest BCUT2D eigenvalue weighted by Crippen LogP contribution is -2.13. The molecule has 0 aliphatic rings. The largest absolute Gasteiger partial charge is 0.463 e. The third-order valence-corrected chi connectivity index (χ3v) is 1.96. The minimum absolute atomic E-state index is 0.226. The Balaban J connectivity index is 2.44. The summed E-state index contributed by atoms with van der Waals surface area (Å²) in [6.07, 6.45) is 0.318. The molecular weight excluding hydrogens is 222 g/mol. The van der Waals surface area contributed by atoms with E-state index >= 15 is 0 Å². The van der Waals surface area contributed by atoms with E-state index in [-0.39, 0.29) is 6.61 Å². The molecule has 0 bridgehead atoms. The van der Waals surface area contributed by atoms with Gasteiger partial charge in [0.1, 0.15) is 6.61 Å². The van der Waals surface area contributed by atoms with Gasteiger partial charge in [-0.3, -0.25) is 10.1 Å². The highest BCUT2D eigenvalue weighted by Gasteiger charge is 2.02. The van der Waals surface area contributed by atoms with E-state index in [4.69, 9.17) is 4.74 Å². The monoisotopic (exact) mass is 237 g/mol. The summed E-state index contributed by atoms with van der Waals surface area (Å²) in [7, 11) is 0. The first kappa shape index (κ1) is 13.0. The van der Waals surface area contributed by atoms with Gasteiger partial charge in [-0.2, -0.15) is 0 Å². The highest BCUT2D eigenvalue weighted by molar-refractivity contribution is 5.84. The van der Waals surface area contributed by atoms with E-state index in [1.54, 1.807) is 24.3 Å². The fourth-order valence-corrected chi connectivity index (χ4v) is 1.16. The standard InChI is InChI=1S/C12H15NO4/c1-2-7-17-12(15)13-11-5-3-10(4-6-11)8-16-9-14/h3-6,9H,2,7-8H2,1H3,(H,13,15). The van der Waals surface area contributed by atoms with Crippen LogP contribution in [-0.4, -0.2) is 19.2 Å². The van der Waals surface area contributed by atoms with Gasteiger partial charge in [0, 0.05) is 5.69 Å². The van der Waals surface area contributed by atoms with Crippen molar-refractivity contribution < 1.29 is 19.1 Å². The summed E-state index contributed by atoms with van der Waals surface area (Å²) < 4.78 is 9.47. The summed E-state index contributed by atoms with van der Waals surface area (Å²) in [5.41, 5.74) is 1.49. The van der Waals surface area contributed by atoms with Crippen molar-refractivity contribution in [3.8, 4) is 0 Å². The first-order valence-electron chi connectivity index (χ1n) is 5.34. The molecule has 0 heterocycles. The first-order valence-corrected chi connectivity index (χ1v) is 5.34. The van der Waals surface area contributed by atoms with Gasteiger partial charge in [-0.1, -0.05) is 19.1 Å². The zero-order chi connectivity index (χ0) is 12.5. The first-order chi connectivity index (χ1) is 8.26. The summed E-state index contributed by atoms with van der Waals surface area (Å²) in [5, 5.41) is 2.59. The Labute approximate surface area is 99.7 Å². The molecule has 5 heteroatoms. The van der Waals surface area contributed by atoms with Gasteiger partial charge in [0.2, 0.25) is 0 Å². The predicted octanol–water partition coefficient (Wildman–Crippen LogP) is 2.32. The molecule has 1 amide bonds. The van der Waals surface area contributed by atoms with Crippen LogP contribution in [0.2, 0.25) is 0 Å². The van der Waals surface area contributed by atoms with Crippen LogP contribution in [0.15, 0.2) is 24.3 Å². The van der Waals surface area contributed by atoms with E-state index in [1.165, 1.54) is 0 Å². The van der Waals surface area contributed by atoms with Gasteiger partial charge in [-0.15, -0.1) is 0 Å². The van der Waals surface area contributed by atoms with Crippen molar-refractivity contribution in [3.63, 3.8) is 0 Å². The van der Waals surface area contributed by atoms with Gasteiger partial charge in [-0.25, -0.2) is 4.79 Å². The van der Waals surface area contributed by atoms with Crippen LogP contribution in [0, 0.1) is 0 Å². The SMILES string of the molecule is CCCOC(=O)Nc1ccc(COC=O)cc1. The number of carbonyl (C=O) groups is 2. The number of rotatable bonds is 6. The van der Waals surface area contributed by atoms with E-state index < -0.39 is 6.09 Å². The Bertz CT molecular complexity index is 361. The molecule has 0 spiro atoms. The molecule has 0 aromatic heterocycles. The molecular formula is C12H15NO4. The summed E-state index contributed by atoms with van der Waals surface area (Å²) in [6, 6.07) is 6.96. The molecule has 0 aliphatic carbocycles. The Morgan fingerprint density at radius 2 is 2.06 bits per heavy atom. The summed E-state index contributed by atoms with van der Waals surface area (Å²) in [4.78, 5) is 21.2. The molecule has 1 rings (SSSR count). The number of carbonyl (C=O) groups excluding carboxylic acids is 2. The van der Waals surface area contributed by atoms with Gasteiger partial charge in [0.25, 0.3) is 6.47 Å². The molecule has 0 fully saturated rings. The Kier molecular flexibility index (Phi) is 5.57. The molecule has 1 aromatic carbocycles. The average Bonchev–Trinajstić information content (AvgIpc) is 2.35. The number of anilines is 1. The van der Waals surface area contributed by atoms with E-state index in [0.29, 0.717) is 18.8 Å². The molecule has 92 valence electrons. The number of hydrogen-bond donors (Lipinski definition) is 1. The molecule has 0 atom stereocenters. The van der Waals surface area contributed by atoms with Crippen molar-refractivity contribution in [2.24, 2.45) is 0 Å². The topological polar surface area (TPSA) is 64.6 Å². The Hall–Kier alpha value is -2.04. The van der Waals surface area contributed by atoms with Crippen LogP contribution in [0.3, 0.4) is 0 Å². The van der Waals surface area contributed by atoms with Crippen LogP contribution < -0.4 is 5.32 Å². The number of nitrogens with one attached hydrogen (secondary N) is 1. The second kappa shape index (κ2) is 7.27. The Morgan fingerprint density at radius 1 is 1.35 bits per heavy atom. The fourth-order valence-electron chi connectivity index (χ4n) is 1.16. The van der Waals surface area contributed by atoms with Crippen LogP contribution in [0.5, 0.6) is 0 Å². The number of hydrogen-bond acceptors (Lipinski definition) is 4.